The van der Waals surface area contributed by atoms with Gasteiger partial charge in [-0.15, -0.1) is 5.10 Å². The predicted octanol–water partition coefficient (Wildman–Crippen LogP) is 4.33. The monoisotopic (exact) mass is 435 g/mol. The maximum atomic E-state index is 12.7. The first-order valence-electron chi connectivity index (χ1n) is 5.12. The highest BCUT2D eigenvalue weighted by atomic mass is 79.9. The Labute approximate surface area is 131 Å². The van der Waals surface area contributed by atoms with Gasteiger partial charge >= 0.3 is 12.3 Å². The first-order chi connectivity index (χ1) is 9.60. The number of hydrogen-bond acceptors (Lipinski definition) is 3. The molecule has 11 heteroatoms. The van der Waals surface area contributed by atoms with Crippen LogP contribution in [-0.4, -0.2) is 27.0 Å². The molecule has 1 aromatic carbocycles. The fourth-order valence-electron chi connectivity index (χ4n) is 1.30. The van der Waals surface area contributed by atoms with Gasteiger partial charge in [0.2, 0.25) is 9.47 Å². The highest BCUT2D eigenvalue weighted by Gasteiger charge is 2.61. The van der Waals surface area contributed by atoms with Gasteiger partial charge in [-0.1, -0.05) is 0 Å². The third kappa shape index (κ3) is 3.51. The van der Waals surface area contributed by atoms with Crippen LogP contribution < -0.4 is 4.74 Å². The van der Waals surface area contributed by atoms with Crippen molar-refractivity contribution in [3.8, 4) is 11.4 Å². The van der Waals surface area contributed by atoms with Gasteiger partial charge in [0, 0.05) is 0 Å². The second-order valence-corrected chi connectivity index (χ2v) is 5.09. The molecule has 0 saturated heterocycles. The zero-order valence-electron chi connectivity index (χ0n) is 9.71. The van der Waals surface area contributed by atoms with Crippen molar-refractivity contribution < 1.29 is 26.7 Å². The normalized spacial score (nSPS) is 12.5. The summed E-state index contributed by atoms with van der Waals surface area (Å²) in [6, 6.07) is 4.45. The maximum absolute atomic E-state index is 12.7. The molecule has 0 atom stereocenters. The van der Waals surface area contributed by atoms with E-state index in [-0.39, 0.29) is 4.73 Å². The predicted molar refractivity (Wildman–Crippen MR) is 68.4 cm³/mol. The average molecular weight is 437 g/mol. The molecule has 2 rings (SSSR count). The third-order valence-corrected chi connectivity index (χ3v) is 3.05. The van der Waals surface area contributed by atoms with Crippen LogP contribution in [0.3, 0.4) is 0 Å². The second-order valence-electron chi connectivity index (χ2n) is 3.67. The van der Waals surface area contributed by atoms with Gasteiger partial charge in [-0.05, 0) is 56.1 Å². The summed E-state index contributed by atoms with van der Waals surface area (Å²) in [6.07, 6.45) is -11.0. The Morgan fingerprint density at radius 3 is 2.00 bits per heavy atom. The molecule has 0 fully saturated rings. The lowest BCUT2D eigenvalue weighted by Gasteiger charge is -2.20. The first kappa shape index (κ1) is 16.1. The van der Waals surface area contributed by atoms with E-state index in [4.69, 9.17) is 0 Å². The molecule has 0 N–H and O–H groups in total. The van der Waals surface area contributed by atoms with Gasteiger partial charge in [0.25, 0.3) is 0 Å². The fraction of sp³-hybridized carbons (Fsp3) is 0.200. The summed E-state index contributed by atoms with van der Waals surface area (Å²) < 4.78 is 67.0. The van der Waals surface area contributed by atoms with E-state index in [1.54, 1.807) is 0 Å². The van der Waals surface area contributed by atoms with Crippen LogP contribution in [0.15, 0.2) is 33.7 Å². The molecule has 0 spiro atoms. The molecule has 0 unspecified atom stereocenters. The van der Waals surface area contributed by atoms with Gasteiger partial charge in [0.1, 0.15) is 5.75 Å². The number of nitrogens with zero attached hydrogens (tertiary/aromatic N) is 3. The van der Waals surface area contributed by atoms with Gasteiger partial charge in [-0.3, -0.25) is 0 Å². The van der Waals surface area contributed by atoms with Gasteiger partial charge in [-0.25, -0.2) is 4.68 Å². The van der Waals surface area contributed by atoms with E-state index < -0.39 is 18.0 Å². The van der Waals surface area contributed by atoms with Crippen molar-refractivity contribution in [2.45, 2.75) is 12.3 Å². The Kier molecular flexibility index (Phi) is 4.24. The van der Waals surface area contributed by atoms with E-state index in [2.05, 4.69) is 46.7 Å². The first-order valence-corrected chi connectivity index (χ1v) is 6.71. The van der Waals surface area contributed by atoms with Crippen molar-refractivity contribution in [1.82, 2.24) is 14.8 Å². The van der Waals surface area contributed by atoms with Crippen molar-refractivity contribution in [3.63, 3.8) is 0 Å². The standard InChI is InChI=1S/C10H4Br2F5N3O/c11-7-18-8(12)20(19-7)5-1-3-6(4-2-5)21-10(16,17)9(13,14)15/h1-4H. The minimum Gasteiger partial charge on any atom is -0.426 e. The zero-order chi connectivity index (χ0) is 15.8. The van der Waals surface area contributed by atoms with Crippen LogP contribution in [0.2, 0.25) is 0 Å². The summed E-state index contributed by atoms with van der Waals surface area (Å²) in [6.45, 7) is 0. The largest absolute Gasteiger partial charge is 0.499 e. The van der Waals surface area contributed by atoms with E-state index in [0.29, 0.717) is 10.4 Å². The zero-order valence-corrected chi connectivity index (χ0v) is 12.9. The number of rotatable bonds is 3. The van der Waals surface area contributed by atoms with Crippen molar-refractivity contribution in [1.29, 1.82) is 0 Å². The lowest BCUT2D eigenvalue weighted by Crippen LogP contribution is -2.41. The van der Waals surface area contributed by atoms with Crippen LogP contribution in [0.1, 0.15) is 0 Å². The molecular formula is C10H4Br2F5N3O. The third-order valence-electron chi connectivity index (χ3n) is 2.20. The SMILES string of the molecule is FC(F)(F)C(F)(F)Oc1ccc(-n2nc(Br)nc2Br)cc1. The van der Waals surface area contributed by atoms with E-state index in [0.717, 1.165) is 12.1 Å². The summed E-state index contributed by atoms with van der Waals surface area (Å²) in [5.41, 5.74) is 0.391. The van der Waals surface area contributed by atoms with Crippen molar-refractivity contribution >= 4 is 31.9 Å². The topological polar surface area (TPSA) is 39.9 Å². The molecule has 0 saturated carbocycles. The number of halogens is 7. The fourth-order valence-corrected chi connectivity index (χ4v) is 2.31. The molecule has 0 aliphatic carbocycles. The highest BCUT2D eigenvalue weighted by molar-refractivity contribution is 9.11. The molecule has 0 bridgehead atoms. The molecule has 0 aliphatic heterocycles. The van der Waals surface area contributed by atoms with Gasteiger partial charge < -0.3 is 4.74 Å². The quantitative estimate of drug-likeness (QED) is 0.672. The number of alkyl halides is 5. The average Bonchev–Trinajstić information content (AvgIpc) is 2.67. The number of benzene rings is 1. The Bertz CT molecular complexity index is 641. The highest BCUT2D eigenvalue weighted by Crippen LogP contribution is 2.37. The molecule has 0 radical (unpaired) electrons. The molecular weight excluding hydrogens is 433 g/mol. The Morgan fingerprint density at radius 1 is 1.00 bits per heavy atom. The molecule has 0 amide bonds. The molecule has 1 heterocycles. The van der Waals surface area contributed by atoms with Crippen LogP contribution in [-0.2, 0) is 0 Å². The Hall–Kier alpha value is -1.23. The Balaban J connectivity index is 2.22. The van der Waals surface area contributed by atoms with Gasteiger partial charge in [0.05, 0.1) is 5.69 Å². The molecule has 114 valence electrons. The molecule has 4 nitrogen and oxygen atoms in total. The second kappa shape index (κ2) is 5.52. The molecule has 2 aromatic rings. The number of aromatic nitrogens is 3. The minimum atomic E-state index is -5.79. The smallest absolute Gasteiger partial charge is 0.426 e. The van der Waals surface area contributed by atoms with Crippen LogP contribution in [0, 0.1) is 0 Å². The van der Waals surface area contributed by atoms with Crippen molar-refractivity contribution in [2.75, 3.05) is 0 Å². The summed E-state index contributed by atoms with van der Waals surface area (Å²) in [5, 5.41) is 3.93. The summed E-state index contributed by atoms with van der Waals surface area (Å²) in [4.78, 5) is 3.89. The lowest BCUT2D eigenvalue weighted by molar-refractivity contribution is -0.360. The molecule has 0 aliphatic rings. The maximum Gasteiger partial charge on any atom is 0.499 e. The van der Waals surface area contributed by atoms with Gasteiger partial charge in [-0.2, -0.15) is 26.9 Å². The lowest BCUT2D eigenvalue weighted by atomic mass is 10.3. The summed E-state index contributed by atoms with van der Waals surface area (Å²) in [5.74, 6) is -0.628. The van der Waals surface area contributed by atoms with Crippen LogP contribution >= 0.6 is 31.9 Å². The van der Waals surface area contributed by atoms with E-state index in [1.165, 1.54) is 16.8 Å². The number of hydrogen-bond donors (Lipinski definition) is 0. The van der Waals surface area contributed by atoms with Crippen molar-refractivity contribution in [3.05, 3.63) is 33.7 Å². The molecule has 1 aromatic heterocycles. The number of ether oxygens (including phenoxy) is 1. The van der Waals surface area contributed by atoms with E-state index in [9.17, 15) is 22.0 Å². The van der Waals surface area contributed by atoms with E-state index >= 15 is 0 Å². The van der Waals surface area contributed by atoms with Crippen LogP contribution in [0.5, 0.6) is 5.75 Å². The van der Waals surface area contributed by atoms with Crippen LogP contribution in [0.4, 0.5) is 22.0 Å². The Morgan fingerprint density at radius 2 is 1.57 bits per heavy atom. The summed E-state index contributed by atoms with van der Waals surface area (Å²) >= 11 is 6.14. The van der Waals surface area contributed by atoms with Crippen molar-refractivity contribution in [2.24, 2.45) is 0 Å². The minimum absolute atomic E-state index is 0.276. The summed E-state index contributed by atoms with van der Waals surface area (Å²) in [7, 11) is 0. The van der Waals surface area contributed by atoms with Gasteiger partial charge in [0.15, 0.2) is 0 Å². The van der Waals surface area contributed by atoms with E-state index in [1.807, 2.05) is 0 Å². The van der Waals surface area contributed by atoms with Crippen LogP contribution in [0.25, 0.3) is 5.69 Å². The molecule has 21 heavy (non-hydrogen) atoms.